The third kappa shape index (κ3) is 3.98. The first kappa shape index (κ1) is 22.2. The van der Waals surface area contributed by atoms with Crippen LogP contribution in [-0.2, 0) is 16.1 Å². The molecule has 2 amide bonds. The summed E-state index contributed by atoms with van der Waals surface area (Å²) in [6, 6.07) is 13.5. The van der Waals surface area contributed by atoms with Crippen molar-refractivity contribution in [3.8, 4) is 0 Å². The fourth-order valence-corrected chi connectivity index (χ4v) is 6.10. The van der Waals surface area contributed by atoms with Crippen molar-refractivity contribution >= 4 is 46.0 Å². The van der Waals surface area contributed by atoms with Gasteiger partial charge in [0, 0.05) is 23.2 Å². The molecule has 0 aliphatic carbocycles. The van der Waals surface area contributed by atoms with Gasteiger partial charge in [-0.25, -0.2) is 4.79 Å². The molecular formula is C26H26N4O4S. The maximum absolute atomic E-state index is 12.5. The van der Waals surface area contributed by atoms with Crippen LogP contribution in [0.25, 0.3) is 10.9 Å². The number of ether oxygens (including phenoxy) is 1. The Kier molecular flexibility index (Phi) is 5.53. The van der Waals surface area contributed by atoms with Crippen molar-refractivity contribution in [3.63, 3.8) is 0 Å². The Morgan fingerprint density at radius 2 is 1.97 bits per heavy atom. The Hall–Kier alpha value is -3.30. The Morgan fingerprint density at radius 1 is 1.11 bits per heavy atom. The van der Waals surface area contributed by atoms with Gasteiger partial charge in [0.25, 0.3) is 5.56 Å². The number of pyridine rings is 1. The first-order valence-corrected chi connectivity index (χ1v) is 12.9. The van der Waals surface area contributed by atoms with Crippen molar-refractivity contribution < 1.29 is 14.3 Å². The van der Waals surface area contributed by atoms with Crippen LogP contribution in [0.15, 0.2) is 52.2 Å². The number of carbonyl (C=O) groups excluding carboxylic acids is 2. The van der Waals surface area contributed by atoms with E-state index >= 15 is 0 Å². The van der Waals surface area contributed by atoms with Gasteiger partial charge in [0.15, 0.2) is 0 Å². The van der Waals surface area contributed by atoms with E-state index in [2.05, 4.69) is 29.7 Å². The maximum Gasteiger partial charge on any atom is 0.414 e. The Balaban J connectivity index is 1.06. The zero-order valence-corrected chi connectivity index (χ0v) is 20.2. The van der Waals surface area contributed by atoms with E-state index in [-0.39, 0.29) is 29.7 Å². The molecule has 4 heterocycles. The van der Waals surface area contributed by atoms with Crippen LogP contribution in [0.3, 0.4) is 0 Å². The number of thioether (sulfide) groups is 1. The standard InChI is InChI=1S/C26H26N4O4S/c1-15-4-5-16-6-9-23(32)30-13-20(24(15)25(16)30)27-10-2-3-18-12-29(26(33)34-18)17-7-8-21-19(11-17)28-22(31)14-35-21/h4-9,11,18,20,27H,2-3,10,12-14H2,1H3,(H,28,31)/t18-,20+/m1/s1. The lowest BCUT2D eigenvalue weighted by Gasteiger charge is -2.20. The van der Waals surface area contributed by atoms with Crippen molar-refractivity contribution in [2.45, 2.75) is 43.4 Å². The van der Waals surface area contributed by atoms with Crippen LogP contribution in [0.4, 0.5) is 16.2 Å². The summed E-state index contributed by atoms with van der Waals surface area (Å²) >= 11 is 1.50. The van der Waals surface area contributed by atoms with E-state index in [1.807, 2.05) is 28.8 Å². The lowest BCUT2D eigenvalue weighted by atomic mass is 10.0. The largest absolute Gasteiger partial charge is 0.444 e. The van der Waals surface area contributed by atoms with E-state index in [9.17, 15) is 14.4 Å². The number of hydrogen-bond donors (Lipinski definition) is 2. The number of carbonyl (C=O) groups is 2. The van der Waals surface area contributed by atoms with Gasteiger partial charge in [-0.15, -0.1) is 11.8 Å². The number of benzene rings is 2. The summed E-state index contributed by atoms with van der Waals surface area (Å²) in [6.45, 7) is 3.98. The highest BCUT2D eigenvalue weighted by Gasteiger charge is 2.33. The molecule has 3 aliphatic heterocycles. The number of aromatic nitrogens is 1. The van der Waals surface area contributed by atoms with Crippen LogP contribution in [0.5, 0.6) is 0 Å². The molecule has 9 heteroatoms. The van der Waals surface area contributed by atoms with E-state index < -0.39 is 0 Å². The monoisotopic (exact) mass is 490 g/mol. The molecule has 6 rings (SSSR count). The van der Waals surface area contributed by atoms with E-state index in [1.54, 1.807) is 11.0 Å². The molecule has 1 aromatic heterocycles. The second kappa shape index (κ2) is 8.73. The summed E-state index contributed by atoms with van der Waals surface area (Å²) in [5.41, 5.74) is 4.94. The van der Waals surface area contributed by atoms with Crippen molar-refractivity contribution in [1.82, 2.24) is 9.88 Å². The molecular weight excluding hydrogens is 464 g/mol. The van der Waals surface area contributed by atoms with Crippen LogP contribution in [-0.4, -0.2) is 41.5 Å². The van der Waals surface area contributed by atoms with Gasteiger partial charge in [0.05, 0.1) is 29.5 Å². The lowest BCUT2D eigenvalue weighted by molar-refractivity contribution is -0.113. The van der Waals surface area contributed by atoms with Crippen LogP contribution in [0.2, 0.25) is 0 Å². The molecule has 3 aromatic rings. The number of anilines is 2. The van der Waals surface area contributed by atoms with Crippen LogP contribution < -0.4 is 21.1 Å². The number of nitrogens with zero attached hydrogens (tertiary/aromatic N) is 2. The molecule has 8 nitrogen and oxygen atoms in total. The third-order valence-corrected chi connectivity index (χ3v) is 8.07. The topological polar surface area (TPSA) is 92.7 Å². The Labute approximate surface area is 206 Å². The quantitative estimate of drug-likeness (QED) is 0.511. The van der Waals surface area contributed by atoms with Gasteiger partial charge in [0.1, 0.15) is 6.10 Å². The molecule has 0 bridgehead atoms. The van der Waals surface area contributed by atoms with Gasteiger partial charge >= 0.3 is 6.09 Å². The molecule has 2 atom stereocenters. The minimum Gasteiger partial charge on any atom is -0.444 e. The molecule has 2 aromatic carbocycles. The number of rotatable bonds is 6. The number of hydrogen-bond acceptors (Lipinski definition) is 6. The van der Waals surface area contributed by atoms with E-state index in [1.165, 1.54) is 22.9 Å². The average Bonchev–Trinajstić information content (AvgIpc) is 3.42. The molecule has 3 aliphatic rings. The van der Waals surface area contributed by atoms with Crippen LogP contribution in [0, 0.1) is 6.92 Å². The summed E-state index contributed by atoms with van der Waals surface area (Å²) in [7, 11) is 0. The molecule has 2 N–H and O–H groups in total. The molecule has 35 heavy (non-hydrogen) atoms. The molecule has 0 unspecified atom stereocenters. The van der Waals surface area contributed by atoms with Gasteiger partial charge in [-0.3, -0.25) is 14.5 Å². The normalized spacial score (nSPS) is 20.8. The van der Waals surface area contributed by atoms with Gasteiger partial charge in [-0.05, 0) is 67.1 Å². The summed E-state index contributed by atoms with van der Waals surface area (Å²) < 4.78 is 7.49. The summed E-state index contributed by atoms with van der Waals surface area (Å²) in [5, 5.41) is 7.58. The smallest absolute Gasteiger partial charge is 0.414 e. The first-order chi connectivity index (χ1) is 17.0. The predicted octanol–water partition coefficient (Wildman–Crippen LogP) is 3.80. The third-order valence-electron chi connectivity index (χ3n) is 7.00. The zero-order chi connectivity index (χ0) is 24.1. The van der Waals surface area contributed by atoms with Crippen LogP contribution >= 0.6 is 11.8 Å². The van der Waals surface area contributed by atoms with E-state index in [0.717, 1.165) is 46.6 Å². The Bertz CT molecular complexity index is 1420. The van der Waals surface area contributed by atoms with Gasteiger partial charge in [-0.2, -0.15) is 0 Å². The Morgan fingerprint density at radius 3 is 2.86 bits per heavy atom. The number of cyclic esters (lactones) is 1. The number of fused-ring (bicyclic) bond motifs is 1. The molecule has 0 saturated carbocycles. The molecule has 1 saturated heterocycles. The van der Waals surface area contributed by atoms with Gasteiger partial charge in [-0.1, -0.05) is 12.1 Å². The predicted molar refractivity (Wildman–Crippen MR) is 136 cm³/mol. The molecule has 180 valence electrons. The molecule has 1 fully saturated rings. The van der Waals surface area contributed by atoms with Crippen molar-refractivity contribution in [2.75, 3.05) is 29.1 Å². The second-order valence-electron chi connectivity index (χ2n) is 9.30. The fourth-order valence-electron chi connectivity index (χ4n) is 5.31. The minimum absolute atomic E-state index is 0.0318. The average molecular weight is 491 g/mol. The highest BCUT2D eigenvalue weighted by molar-refractivity contribution is 8.00. The van der Waals surface area contributed by atoms with Crippen molar-refractivity contribution in [2.24, 2.45) is 0 Å². The number of aryl methyl sites for hydroxylation is 1. The zero-order valence-electron chi connectivity index (χ0n) is 19.4. The molecule has 0 radical (unpaired) electrons. The minimum atomic E-state index is -0.356. The van der Waals surface area contributed by atoms with Gasteiger partial charge in [0.2, 0.25) is 5.91 Å². The summed E-state index contributed by atoms with van der Waals surface area (Å²) in [6.07, 6.45) is 1.05. The van der Waals surface area contributed by atoms with Crippen molar-refractivity contribution in [3.05, 3.63) is 63.9 Å². The van der Waals surface area contributed by atoms with E-state index in [4.69, 9.17) is 4.74 Å². The lowest BCUT2D eigenvalue weighted by Crippen LogP contribution is -2.27. The number of nitrogens with one attached hydrogen (secondary N) is 2. The summed E-state index contributed by atoms with van der Waals surface area (Å²) in [5.74, 6) is 0.378. The van der Waals surface area contributed by atoms with Crippen LogP contribution in [0.1, 0.15) is 30.0 Å². The highest BCUT2D eigenvalue weighted by atomic mass is 32.2. The second-order valence-corrected chi connectivity index (χ2v) is 10.3. The SMILES string of the molecule is Cc1ccc2ccc(=O)n3c2c1[C@@H](NCCC[C@@H]1CN(c2ccc4c(c2)NC(=O)CS4)C(=O)O1)C3. The van der Waals surface area contributed by atoms with Crippen molar-refractivity contribution in [1.29, 1.82) is 0 Å². The molecule has 0 spiro atoms. The fraction of sp³-hybridized carbons (Fsp3) is 0.346. The maximum atomic E-state index is 12.5. The summed E-state index contributed by atoms with van der Waals surface area (Å²) in [4.78, 5) is 39.3. The van der Waals surface area contributed by atoms with Gasteiger partial charge < -0.3 is 19.9 Å². The number of amides is 2. The first-order valence-electron chi connectivity index (χ1n) is 11.9. The van der Waals surface area contributed by atoms with E-state index in [0.29, 0.717) is 18.8 Å². The highest BCUT2D eigenvalue weighted by Crippen LogP contribution is 2.36.